The van der Waals surface area contributed by atoms with Gasteiger partial charge in [-0.2, -0.15) is 4.52 Å². The fourth-order valence-corrected chi connectivity index (χ4v) is 5.56. The van der Waals surface area contributed by atoms with E-state index in [1.807, 2.05) is 48.2 Å². The Morgan fingerprint density at radius 3 is 2.79 bits per heavy atom. The molecule has 5 rings (SSSR count). The van der Waals surface area contributed by atoms with E-state index in [1.165, 1.54) is 31.0 Å². The number of thioether (sulfide) groups is 1. The van der Waals surface area contributed by atoms with E-state index in [9.17, 15) is 4.79 Å². The minimum absolute atomic E-state index is 0.0958. The maximum Gasteiger partial charge on any atom is 0.233 e. The number of rotatable bonds is 8. The number of carbonyl (C=O) groups is 1. The molecule has 0 unspecified atom stereocenters. The third kappa shape index (κ3) is 4.80. The standard InChI is InChI=1S/C25H31N7OS/c1-3-21(24(33)27-18-9-5-4-6-10-18)34-25-28-20-12-8-7-11-19(20)23-29-22(30-32(23)25)13-14-31-16-26-15-17(31)2/h7-8,11-12,15-16,18,21H,3-6,9-10,13-14H2,1-2H3,(H,27,33)/t21-/m1/s1. The molecule has 34 heavy (non-hydrogen) atoms. The Hall–Kier alpha value is -2.94. The second-order valence-electron chi connectivity index (χ2n) is 9.01. The molecule has 1 aliphatic rings. The van der Waals surface area contributed by atoms with Gasteiger partial charge in [0.15, 0.2) is 16.6 Å². The molecule has 9 heteroatoms. The van der Waals surface area contributed by atoms with Crippen molar-refractivity contribution in [2.24, 2.45) is 0 Å². The molecule has 4 aromatic rings. The van der Waals surface area contributed by atoms with E-state index < -0.39 is 0 Å². The predicted molar refractivity (Wildman–Crippen MR) is 134 cm³/mol. The number of para-hydroxylation sites is 1. The zero-order valence-corrected chi connectivity index (χ0v) is 20.6. The average Bonchev–Trinajstić information content (AvgIpc) is 3.47. The number of aryl methyl sites for hydroxylation is 3. The molecule has 178 valence electrons. The molecule has 1 aliphatic carbocycles. The molecule has 0 saturated heterocycles. The molecular formula is C25H31N7OS. The van der Waals surface area contributed by atoms with E-state index >= 15 is 0 Å². The lowest BCUT2D eigenvalue weighted by Gasteiger charge is -2.25. The second-order valence-corrected chi connectivity index (χ2v) is 10.2. The van der Waals surface area contributed by atoms with E-state index in [4.69, 9.17) is 15.1 Å². The number of benzene rings is 1. The number of aromatic nitrogens is 6. The van der Waals surface area contributed by atoms with Gasteiger partial charge in [0.05, 0.1) is 17.1 Å². The Bertz CT molecular complexity index is 1290. The van der Waals surface area contributed by atoms with Crippen molar-refractivity contribution < 1.29 is 4.79 Å². The maximum atomic E-state index is 13.1. The summed E-state index contributed by atoms with van der Waals surface area (Å²) in [5.74, 6) is 0.853. The number of nitrogens with one attached hydrogen (secondary N) is 1. The average molecular weight is 478 g/mol. The van der Waals surface area contributed by atoms with Crippen molar-refractivity contribution >= 4 is 34.2 Å². The maximum absolute atomic E-state index is 13.1. The summed E-state index contributed by atoms with van der Waals surface area (Å²) in [6.07, 6.45) is 10.9. The molecule has 1 aromatic carbocycles. The van der Waals surface area contributed by atoms with Gasteiger partial charge in [0.2, 0.25) is 5.91 Å². The van der Waals surface area contributed by atoms with Gasteiger partial charge >= 0.3 is 0 Å². The molecule has 0 bridgehead atoms. The van der Waals surface area contributed by atoms with E-state index in [2.05, 4.69) is 21.8 Å². The number of hydrogen-bond donors (Lipinski definition) is 1. The van der Waals surface area contributed by atoms with E-state index in [-0.39, 0.29) is 11.2 Å². The van der Waals surface area contributed by atoms with Crippen LogP contribution in [-0.4, -0.2) is 46.3 Å². The Kier molecular flexibility index (Phi) is 6.80. The lowest BCUT2D eigenvalue weighted by molar-refractivity contribution is -0.121. The van der Waals surface area contributed by atoms with Crippen LogP contribution in [0, 0.1) is 6.92 Å². The normalized spacial score (nSPS) is 15.7. The number of hydrogen-bond acceptors (Lipinski definition) is 6. The van der Waals surface area contributed by atoms with Gasteiger partial charge in [0, 0.05) is 36.3 Å². The third-order valence-corrected chi connectivity index (χ3v) is 7.86. The topological polar surface area (TPSA) is 90.0 Å². The lowest BCUT2D eigenvalue weighted by Crippen LogP contribution is -2.41. The summed E-state index contributed by atoms with van der Waals surface area (Å²) in [6, 6.07) is 8.28. The number of carbonyl (C=O) groups excluding carboxylic acids is 1. The van der Waals surface area contributed by atoms with Crippen LogP contribution >= 0.6 is 11.8 Å². The van der Waals surface area contributed by atoms with Crippen LogP contribution in [0.15, 0.2) is 41.9 Å². The van der Waals surface area contributed by atoms with Crippen molar-refractivity contribution in [3.05, 3.63) is 48.3 Å². The highest BCUT2D eigenvalue weighted by molar-refractivity contribution is 8.00. The largest absolute Gasteiger partial charge is 0.352 e. The van der Waals surface area contributed by atoms with Crippen LogP contribution in [-0.2, 0) is 17.8 Å². The first-order chi connectivity index (χ1) is 16.6. The van der Waals surface area contributed by atoms with E-state index in [1.54, 1.807) is 0 Å². The smallest absolute Gasteiger partial charge is 0.233 e. The molecule has 8 nitrogen and oxygen atoms in total. The van der Waals surface area contributed by atoms with Crippen molar-refractivity contribution in [2.45, 2.75) is 81.8 Å². The second kappa shape index (κ2) is 10.1. The molecule has 1 amide bonds. The summed E-state index contributed by atoms with van der Waals surface area (Å²) >= 11 is 1.48. The molecule has 1 saturated carbocycles. The summed E-state index contributed by atoms with van der Waals surface area (Å²) < 4.78 is 3.92. The van der Waals surface area contributed by atoms with Gasteiger partial charge in [0.25, 0.3) is 0 Å². The highest BCUT2D eigenvalue weighted by atomic mass is 32.2. The number of imidazole rings is 1. The Labute approximate surface area is 203 Å². The van der Waals surface area contributed by atoms with Gasteiger partial charge in [0.1, 0.15) is 0 Å². The predicted octanol–water partition coefficient (Wildman–Crippen LogP) is 4.34. The molecule has 1 fully saturated rings. The molecule has 3 aromatic heterocycles. The van der Waals surface area contributed by atoms with Gasteiger partial charge in [-0.05, 0) is 38.3 Å². The summed E-state index contributed by atoms with van der Waals surface area (Å²) in [5, 5.41) is 9.54. The van der Waals surface area contributed by atoms with Crippen molar-refractivity contribution in [2.75, 3.05) is 0 Å². The number of nitrogens with zero attached hydrogens (tertiary/aromatic N) is 6. The first kappa shape index (κ1) is 22.8. The van der Waals surface area contributed by atoms with Crippen LogP contribution in [0.4, 0.5) is 0 Å². The van der Waals surface area contributed by atoms with Crippen LogP contribution in [0.2, 0.25) is 0 Å². The minimum atomic E-state index is -0.222. The number of amides is 1. The minimum Gasteiger partial charge on any atom is -0.352 e. The van der Waals surface area contributed by atoms with Crippen LogP contribution in [0.3, 0.4) is 0 Å². The molecule has 1 N–H and O–H groups in total. The SMILES string of the molecule is CC[C@@H](Sc1nc2ccccc2c2nc(CCn3cncc3C)nn12)C(=O)NC1CCCCC1. The highest BCUT2D eigenvalue weighted by Crippen LogP contribution is 2.29. The van der Waals surface area contributed by atoms with Gasteiger partial charge in [-0.1, -0.05) is 50.1 Å². The monoisotopic (exact) mass is 477 g/mol. The Balaban J connectivity index is 1.43. The Morgan fingerprint density at radius 2 is 2.03 bits per heavy atom. The van der Waals surface area contributed by atoms with Gasteiger partial charge < -0.3 is 9.88 Å². The zero-order chi connectivity index (χ0) is 23.5. The van der Waals surface area contributed by atoms with E-state index in [0.717, 1.165) is 53.9 Å². The first-order valence-corrected chi connectivity index (χ1v) is 13.1. The molecule has 0 spiro atoms. The lowest BCUT2D eigenvalue weighted by atomic mass is 9.95. The van der Waals surface area contributed by atoms with Gasteiger partial charge in [-0.15, -0.1) is 5.10 Å². The number of fused-ring (bicyclic) bond motifs is 3. The molecular weight excluding hydrogens is 446 g/mol. The molecule has 0 radical (unpaired) electrons. The first-order valence-electron chi connectivity index (χ1n) is 12.2. The fraction of sp³-hybridized carbons (Fsp3) is 0.480. The van der Waals surface area contributed by atoms with Crippen molar-refractivity contribution in [3.63, 3.8) is 0 Å². The zero-order valence-electron chi connectivity index (χ0n) is 19.8. The van der Waals surface area contributed by atoms with Crippen LogP contribution in [0.1, 0.15) is 57.0 Å². The summed E-state index contributed by atoms with van der Waals surface area (Å²) in [5.41, 5.74) is 2.76. The third-order valence-electron chi connectivity index (χ3n) is 6.55. The summed E-state index contributed by atoms with van der Waals surface area (Å²) in [6.45, 7) is 4.86. The van der Waals surface area contributed by atoms with Crippen LogP contribution in [0.25, 0.3) is 16.6 Å². The van der Waals surface area contributed by atoms with Crippen molar-refractivity contribution in [1.29, 1.82) is 0 Å². The van der Waals surface area contributed by atoms with E-state index in [0.29, 0.717) is 17.6 Å². The van der Waals surface area contributed by atoms with Gasteiger partial charge in [-0.25, -0.2) is 15.0 Å². The van der Waals surface area contributed by atoms with Crippen LogP contribution in [0.5, 0.6) is 0 Å². The quantitative estimate of drug-likeness (QED) is 0.300. The van der Waals surface area contributed by atoms with Gasteiger partial charge in [-0.3, -0.25) is 4.79 Å². The Morgan fingerprint density at radius 1 is 1.21 bits per heavy atom. The molecule has 0 aliphatic heterocycles. The summed E-state index contributed by atoms with van der Waals surface area (Å²) in [4.78, 5) is 27.1. The fourth-order valence-electron chi connectivity index (χ4n) is 4.59. The summed E-state index contributed by atoms with van der Waals surface area (Å²) in [7, 11) is 0. The van der Waals surface area contributed by atoms with Crippen molar-refractivity contribution in [1.82, 2.24) is 34.4 Å². The van der Waals surface area contributed by atoms with Crippen molar-refractivity contribution in [3.8, 4) is 0 Å². The molecule has 3 heterocycles. The molecule has 1 atom stereocenters. The highest BCUT2D eigenvalue weighted by Gasteiger charge is 2.25. The van der Waals surface area contributed by atoms with Crippen LogP contribution < -0.4 is 5.32 Å².